The lowest BCUT2D eigenvalue weighted by molar-refractivity contribution is -0.149. The number of nitrogens with two attached hydrogens (primary N) is 1. The van der Waals surface area contributed by atoms with Crippen LogP contribution in [0.5, 0.6) is 0 Å². The summed E-state index contributed by atoms with van der Waals surface area (Å²) in [7, 11) is 0. The van der Waals surface area contributed by atoms with E-state index in [4.69, 9.17) is 5.73 Å². The molecule has 31 heavy (non-hydrogen) atoms. The molecule has 0 spiro atoms. The van der Waals surface area contributed by atoms with Gasteiger partial charge in [-0.05, 0) is 36.5 Å². The number of nitrogens with zero attached hydrogens (tertiary/aromatic N) is 2. The molecule has 2 atom stereocenters. The summed E-state index contributed by atoms with van der Waals surface area (Å²) in [4.78, 5) is 29.1. The fraction of sp³-hybridized carbons (Fsp3) is 0.611. The molecule has 1 aliphatic heterocycles. The molecule has 3 rings (SSSR count). The molecule has 0 radical (unpaired) electrons. The van der Waals surface area contributed by atoms with E-state index < -0.39 is 42.7 Å². The van der Waals surface area contributed by atoms with Crippen LogP contribution >= 0.6 is 12.4 Å². The van der Waals surface area contributed by atoms with E-state index in [1.165, 1.54) is 18.3 Å². The first kappa shape index (κ1) is 25.1. The molecule has 1 aliphatic carbocycles. The Balaban J connectivity index is 0.00000341. The number of pyridine rings is 1. The van der Waals surface area contributed by atoms with Crippen molar-refractivity contribution >= 4 is 30.2 Å². The van der Waals surface area contributed by atoms with Crippen molar-refractivity contribution in [2.45, 2.75) is 56.4 Å². The predicted molar refractivity (Wildman–Crippen MR) is 104 cm³/mol. The summed E-state index contributed by atoms with van der Waals surface area (Å²) in [6.45, 7) is -0.628. The Bertz CT molecular complexity index is 800. The predicted octanol–water partition coefficient (Wildman–Crippen LogP) is 3.05. The smallest absolute Gasteiger partial charge is 0.324 e. The SMILES string of the molecule is Cl.N[C@H](C(=O)Nc1cc(CN2C[C@@H](C(F)(F)F)NC2=O)ccn1)C1CCC(F)(F)CC1. The van der Waals surface area contributed by atoms with Crippen molar-refractivity contribution in [1.82, 2.24) is 15.2 Å². The number of halogens is 6. The molecule has 1 aromatic heterocycles. The number of carbonyl (C=O) groups is 2. The maximum Gasteiger partial charge on any atom is 0.410 e. The van der Waals surface area contributed by atoms with Crippen molar-refractivity contribution in [2.24, 2.45) is 11.7 Å². The number of hydrogen-bond donors (Lipinski definition) is 3. The van der Waals surface area contributed by atoms with Crippen LogP contribution in [-0.4, -0.2) is 52.5 Å². The Morgan fingerprint density at radius 2 is 2.00 bits per heavy atom. The first-order valence-corrected chi connectivity index (χ1v) is 9.46. The highest BCUT2D eigenvalue weighted by Gasteiger charge is 2.46. The third-order valence-corrected chi connectivity index (χ3v) is 5.40. The third-order valence-electron chi connectivity index (χ3n) is 5.40. The van der Waals surface area contributed by atoms with Gasteiger partial charge in [-0.25, -0.2) is 18.6 Å². The second-order valence-electron chi connectivity index (χ2n) is 7.68. The second kappa shape index (κ2) is 9.51. The zero-order chi connectivity index (χ0) is 22.1. The number of aromatic nitrogens is 1. The molecule has 0 bridgehead atoms. The molecule has 2 heterocycles. The van der Waals surface area contributed by atoms with E-state index in [1.54, 1.807) is 0 Å². The molecule has 1 saturated carbocycles. The molecule has 13 heteroatoms. The zero-order valence-electron chi connectivity index (χ0n) is 16.3. The first-order valence-electron chi connectivity index (χ1n) is 9.46. The van der Waals surface area contributed by atoms with Crippen molar-refractivity contribution in [3.05, 3.63) is 23.9 Å². The molecular weight excluding hydrogens is 449 g/mol. The molecule has 1 aromatic rings. The molecule has 2 fully saturated rings. The normalized spacial score (nSPS) is 22.5. The number of alkyl halides is 5. The van der Waals surface area contributed by atoms with Crippen LogP contribution in [0, 0.1) is 5.92 Å². The van der Waals surface area contributed by atoms with Gasteiger partial charge >= 0.3 is 12.2 Å². The van der Waals surface area contributed by atoms with Gasteiger partial charge in [0.25, 0.3) is 0 Å². The van der Waals surface area contributed by atoms with Crippen LogP contribution in [0.2, 0.25) is 0 Å². The summed E-state index contributed by atoms with van der Waals surface area (Å²) in [6, 6.07) is -0.827. The fourth-order valence-corrected chi connectivity index (χ4v) is 3.62. The van der Waals surface area contributed by atoms with Crippen LogP contribution in [0.1, 0.15) is 31.2 Å². The quantitative estimate of drug-likeness (QED) is 0.575. The molecule has 4 N–H and O–H groups in total. The van der Waals surface area contributed by atoms with Gasteiger partial charge in [0.15, 0.2) is 0 Å². The highest BCUT2D eigenvalue weighted by molar-refractivity contribution is 5.94. The standard InChI is InChI=1S/C18H22F5N5O2.ClH/c19-17(20)4-1-11(2-5-17)14(24)15(29)27-13-7-10(3-6-25-13)8-28-9-12(18(21,22)23)26-16(28)30;/h3,6-7,11-12,14H,1-2,4-5,8-9,24H2,(H,26,30)(H,25,27,29);1H/t12-,14-;/m0./s1. The van der Waals surface area contributed by atoms with Crippen molar-refractivity contribution in [1.29, 1.82) is 0 Å². The summed E-state index contributed by atoms with van der Waals surface area (Å²) in [5.74, 6) is -3.57. The van der Waals surface area contributed by atoms with E-state index >= 15 is 0 Å². The van der Waals surface area contributed by atoms with Gasteiger partial charge in [-0.3, -0.25) is 4.79 Å². The number of rotatable bonds is 5. The molecule has 2 aliphatic rings. The number of hydrogen-bond acceptors (Lipinski definition) is 4. The highest BCUT2D eigenvalue weighted by Crippen LogP contribution is 2.37. The lowest BCUT2D eigenvalue weighted by Gasteiger charge is -2.31. The second-order valence-corrected chi connectivity index (χ2v) is 7.68. The van der Waals surface area contributed by atoms with E-state index in [9.17, 15) is 31.5 Å². The van der Waals surface area contributed by atoms with Gasteiger partial charge in [-0.1, -0.05) is 0 Å². The Kier molecular flexibility index (Phi) is 7.69. The van der Waals surface area contributed by atoms with E-state index in [1.807, 2.05) is 5.32 Å². The number of amides is 3. The minimum absolute atomic E-state index is 0. The fourth-order valence-electron chi connectivity index (χ4n) is 3.62. The minimum Gasteiger partial charge on any atom is -0.324 e. The zero-order valence-corrected chi connectivity index (χ0v) is 17.1. The molecule has 7 nitrogen and oxygen atoms in total. The maximum atomic E-state index is 13.3. The van der Waals surface area contributed by atoms with Crippen molar-refractivity contribution in [3.8, 4) is 0 Å². The van der Waals surface area contributed by atoms with Crippen LogP contribution in [-0.2, 0) is 11.3 Å². The number of anilines is 1. The number of carbonyl (C=O) groups excluding carboxylic acids is 2. The molecule has 3 amide bonds. The molecule has 0 unspecified atom stereocenters. The summed E-state index contributed by atoms with van der Waals surface area (Å²) < 4.78 is 64.9. The lowest BCUT2D eigenvalue weighted by atomic mass is 9.82. The van der Waals surface area contributed by atoms with Gasteiger partial charge < -0.3 is 21.3 Å². The summed E-state index contributed by atoms with van der Waals surface area (Å²) in [5, 5.41) is 4.38. The van der Waals surface area contributed by atoms with Crippen molar-refractivity contribution in [3.63, 3.8) is 0 Å². The van der Waals surface area contributed by atoms with Crippen LogP contribution < -0.4 is 16.4 Å². The Morgan fingerprint density at radius 3 is 2.58 bits per heavy atom. The third kappa shape index (κ3) is 6.39. The first-order chi connectivity index (χ1) is 13.9. The van der Waals surface area contributed by atoms with Crippen LogP contribution in [0.15, 0.2) is 18.3 Å². The van der Waals surface area contributed by atoms with E-state index in [2.05, 4.69) is 10.3 Å². The van der Waals surface area contributed by atoms with Gasteiger partial charge in [0.1, 0.15) is 11.9 Å². The largest absolute Gasteiger partial charge is 0.410 e. The average Bonchev–Trinajstić information content (AvgIpc) is 3.02. The summed E-state index contributed by atoms with van der Waals surface area (Å²) in [6.07, 6.45) is -3.56. The molecule has 0 aromatic carbocycles. The van der Waals surface area contributed by atoms with Crippen LogP contribution in [0.4, 0.5) is 32.6 Å². The molecule has 1 saturated heterocycles. The van der Waals surface area contributed by atoms with Gasteiger partial charge in [-0.2, -0.15) is 13.2 Å². The number of urea groups is 1. The van der Waals surface area contributed by atoms with Crippen molar-refractivity contribution < 1.29 is 31.5 Å². The molecular formula is C18H23ClF5N5O2. The van der Waals surface area contributed by atoms with Gasteiger partial charge in [0, 0.05) is 25.6 Å². The monoisotopic (exact) mass is 471 g/mol. The maximum absolute atomic E-state index is 13.3. The van der Waals surface area contributed by atoms with Gasteiger partial charge in [-0.15, -0.1) is 12.4 Å². The van der Waals surface area contributed by atoms with E-state index in [0.717, 1.165) is 4.90 Å². The minimum atomic E-state index is -4.54. The number of nitrogens with one attached hydrogen (secondary N) is 2. The van der Waals surface area contributed by atoms with Crippen LogP contribution in [0.25, 0.3) is 0 Å². The average molecular weight is 472 g/mol. The van der Waals surface area contributed by atoms with Gasteiger partial charge in [0.2, 0.25) is 11.8 Å². The Morgan fingerprint density at radius 1 is 1.35 bits per heavy atom. The van der Waals surface area contributed by atoms with Crippen molar-refractivity contribution in [2.75, 3.05) is 11.9 Å². The Hall–Kier alpha value is -2.21. The summed E-state index contributed by atoms with van der Waals surface area (Å²) in [5.41, 5.74) is 6.38. The summed E-state index contributed by atoms with van der Waals surface area (Å²) >= 11 is 0. The topological polar surface area (TPSA) is 100 Å². The van der Waals surface area contributed by atoms with Gasteiger partial charge in [0.05, 0.1) is 12.6 Å². The lowest BCUT2D eigenvalue weighted by Crippen LogP contribution is -2.44. The van der Waals surface area contributed by atoms with E-state index in [-0.39, 0.29) is 56.4 Å². The van der Waals surface area contributed by atoms with Crippen LogP contribution in [0.3, 0.4) is 0 Å². The molecule has 174 valence electrons. The Labute approximate surface area is 181 Å². The highest BCUT2D eigenvalue weighted by atomic mass is 35.5. The van der Waals surface area contributed by atoms with E-state index in [0.29, 0.717) is 5.56 Å².